The van der Waals surface area contributed by atoms with Gasteiger partial charge in [-0.3, -0.25) is 13.9 Å². The molecular formula is C38H41ClFN3O5S. The molecule has 1 aliphatic rings. The van der Waals surface area contributed by atoms with Crippen LogP contribution in [0.1, 0.15) is 48.8 Å². The normalized spacial score (nSPS) is 14.1. The highest BCUT2D eigenvalue weighted by Crippen LogP contribution is 2.35. The molecule has 0 saturated heterocycles. The van der Waals surface area contributed by atoms with Gasteiger partial charge < -0.3 is 15.0 Å². The Morgan fingerprint density at radius 2 is 1.61 bits per heavy atom. The van der Waals surface area contributed by atoms with Crippen LogP contribution in [0.2, 0.25) is 5.02 Å². The smallest absolute Gasteiger partial charge is 0.264 e. The number of methoxy groups -OCH3 is 1. The minimum Gasteiger partial charge on any atom is -0.495 e. The Morgan fingerprint density at radius 1 is 0.939 bits per heavy atom. The van der Waals surface area contributed by atoms with E-state index in [0.717, 1.165) is 47.5 Å². The number of nitrogens with one attached hydrogen (secondary N) is 1. The highest BCUT2D eigenvalue weighted by atomic mass is 35.5. The molecule has 0 heterocycles. The van der Waals surface area contributed by atoms with Gasteiger partial charge in [-0.25, -0.2) is 12.8 Å². The van der Waals surface area contributed by atoms with Crippen LogP contribution in [-0.2, 0) is 32.6 Å². The molecular weight excluding hydrogens is 665 g/mol. The quantitative estimate of drug-likeness (QED) is 0.160. The van der Waals surface area contributed by atoms with Gasteiger partial charge >= 0.3 is 0 Å². The Labute approximate surface area is 292 Å². The Bertz CT molecular complexity index is 1850. The molecule has 1 fully saturated rings. The molecule has 0 unspecified atom stereocenters. The lowest BCUT2D eigenvalue weighted by molar-refractivity contribution is -0.140. The van der Waals surface area contributed by atoms with Crippen molar-refractivity contribution in [1.82, 2.24) is 10.2 Å². The molecule has 1 aliphatic carbocycles. The van der Waals surface area contributed by atoms with Gasteiger partial charge in [0.1, 0.15) is 24.2 Å². The van der Waals surface area contributed by atoms with E-state index in [9.17, 15) is 18.0 Å². The molecule has 2 amide bonds. The maximum atomic E-state index is 15.2. The number of hydrogen-bond acceptors (Lipinski definition) is 5. The first-order valence-corrected chi connectivity index (χ1v) is 18.2. The van der Waals surface area contributed by atoms with Gasteiger partial charge in [0.05, 0.1) is 17.7 Å². The van der Waals surface area contributed by atoms with Crippen molar-refractivity contribution in [2.45, 2.75) is 69.0 Å². The predicted octanol–water partition coefficient (Wildman–Crippen LogP) is 7.08. The molecule has 1 N–H and O–H groups in total. The van der Waals surface area contributed by atoms with Crippen LogP contribution in [-0.4, -0.2) is 50.9 Å². The topological polar surface area (TPSA) is 96.0 Å². The minimum atomic E-state index is -4.38. The van der Waals surface area contributed by atoms with E-state index in [2.05, 4.69) is 5.32 Å². The van der Waals surface area contributed by atoms with Crippen LogP contribution < -0.4 is 14.4 Å². The number of amides is 2. The summed E-state index contributed by atoms with van der Waals surface area (Å²) in [6.07, 6.45) is 4.84. The molecule has 49 heavy (non-hydrogen) atoms. The molecule has 4 aromatic carbocycles. The first-order chi connectivity index (χ1) is 23.6. The molecule has 0 aromatic heterocycles. The molecule has 8 nitrogen and oxygen atoms in total. The second-order valence-electron chi connectivity index (χ2n) is 12.3. The molecule has 1 atom stereocenters. The fraction of sp³-hybridized carbons (Fsp3) is 0.316. The third-order valence-electron chi connectivity index (χ3n) is 8.82. The lowest BCUT2D eigenvalue weighted by Gasteiger charge is -2.35. The van der Waals surface area contributed by atoms with E-state index >= 15 is 4.39 Å². The fourth-order valence-corrected chi connectivity index (χ4v) is 7.70. The summed E-state index contributed by atoms with van der Waals surface area (Å²) in [6.45, 7) is 0.846. The standard InChI is InChI=1S/C38H41ClFN3O5S/c1-27-17-20-32(21-18-27)49(46,47)43(34-24-30(39)19-22-36(34)48-2)26-37(44)42(25-29-13-9-10-16-33(29)40)35(23-28-11-5-3-6-12-28)38(45)41-31-14-7-4-8-15-31/h3,5-6,9-13,16-22,24,31,35H,4,7-8,14-15,23,25-26H2,1-2H3,(H,41,45)/t35-/m1/s1. The van der Waals surface area contributed by atoms with E-state index < -0.39 is 34.3 Å². The van der Waals surface area contributed by atoms with Crippen molar-refractivity contribution < 1.29 is 27.1 Å². The number of rotatable bonds is 13. The number of aryl methyl sites for hydroxylation is 1. The van der Waals surface area contributed by atoms with Crippen LogP contribution in [0.25, 0.3) is 0 Å². The Morgan fingerprint density at radius 3 is 2.29 bits per heavy atom. The molecule has 0 aliphatic heterocycles. The van der Waals surface area contributed by atoms with E-state index in [0.29, 0.717) is 0 Å². The van der Waals surface area contributed by atoms with Crippen LogP contribution in [0.5, 0.6) is 5.75 Å². The van der Waals surface area contributed by atoms with Gasteiger partial charge in [0.15, 0.2) is 0 Å². The lowest BCUT2D eigenvalue weighted by atomic mass is 9.94. The van der Waals surface area contributed by atoms with E-state index in [-0.39, 0.29) is 51.8 Å². The number of sulfonamides is 1. The van der Waals surface area contributed by atoms with Crippen LogP contribution >= 0.6 is 11.6 Å². The van der Waals surface area contributed by atoms with Gasteiger partial charge in [0, 0.05) is 29.6 Å². The maximum absolute atomic E-state index is 15.2. The maximum Gasteiger partial charge on any atom is 0.264 e. The molecule has 1 saturated carbocycles. The molecule has 5 rings (SSSR count). The molecule has 0 bridgehead atoms. The van der Waals surface area contributed by atoms with Crippen LogP contribution in [0.3, 0.4) is 0 Å². The van der Waals surface area contributed by atoms with Crippen molar-refractivity contribution in [3.63, 3.8) is 0 Å². The van der Waals surface area contributed by atoms with Crippen molar-refractivity contribution in [2.24, 2.45) is 0 Å². The Balaban J connectivity index is 1.61. The number of benzene rings is 4. The van der Waals surface area contributed by atoms with Crippen LogP contribution in [0, 0.1) is 12.7 Å². The van der Waals surface area contributed by atoms with Crippen molar-refractivity contribution in [3.05, 3.63) is 125 Å². The number of hydrogen-bond donors (Lipinski definition) is 1. The van der Waals surface area contributed by atoms with Gasteiger partial charge in [-0.1, -0.05) is 97.1 Å². The van der Waals surface area contributed by atoms with E-state index in [1.54, 1.807) is 36.4 Å². The minimum absolute atomic E-state index is 0.0426. The fourth-order valence-electron chi connectivity index (χ4n) is 6.12. The summed E-state index contributed by atoms with van der Waals surface area (Å²) in [4.78, 5) is 30.2. The molecule has 0 spiro atoms. The summed E-state index contributed by atoms with van der Waals surface area (Å²) >= 11 is 6.37. The molecule has 11 heteroatoms. The average Bonchev–Trinajstić information content (AvgIpc) is 3.10. The Hall–Kier alpha value is -4.41. The van der Waals surface area contributed by atoms with Gasteiger partial charge in [0.25, 0.3) is 10.0 Å². The Kier molecular flexibility index (Phi) is 12.0. The zero-order chi connectivity index (χ0) is 35.0. The first-order valence-electron chi connectivity index (χ1n) is 16.4. The van der Waals surface area contributed by atoms with Gasteiger partial charge in [-0.05, 0) is 61.7 Å². The van der Waals surface area contributed by atoms with Crippen molar-refractivity contribution in [1.29, 1.82) is 0 Å². The third kappa shape index (κ3) is 8.99. The van der Waals surface area contributed by atoms with E-state index in [4.69, 9.17) is 16.3 Å². The molecule has 0 radical (unpaired) electrons. The first kappa shape index (κ1) is 35.9. The monoisotopic (exact) mass is 705 g/mol. The summed E-state index contributed by atoms with van der Waals surface area (Å²) in [5, 5.41) is 3.38. The lowest BCUT2D eigenvalue weighted by Crippen LogP contribution is -2.55. The number of halogens is 2. The number of nitrogens with zero attached hydrogens (tertiary/aromatic N) is 2. The molecule has 258 valence electrons. The highest BCUT2D eigenvalue weighted by Gasteiger charge is 2.36. The number of ether oxygens (including phenoxy) is 1. The van der Waals surface area contributed by atoms with E-state index in [1.165, 1.54) is 42.3 Å². The average molecular weight is 706 g/mol. The van der Waals surface area contributed by atoms with Gasteiger partial charge in [-0.2, -0.15) is 0 Å². The second kappa shape index (κ2) is 16.3. The SMILES string of the molecule is COc1ccc(Cl)cc1N(CC(=O)N(Cc1ccccc1F)[C@H](Cc1ccccc1)C(=O)NC1CCCCC1)S(=O)(=O)c1ccc(C)cc1. The number of anilines is 1. The van der Waals surface area contributed by atoms with Gasteiger partial charge in [0.2, 0.25) is 11.8 Å². The van der Waals surface area contributed by atoms with Crippen molar-refractivity contribution in [2.75, 3.05) is 18.0 Å². The predicted molar refractivity (Wildman–Crippen MR) is 190 cm³/mol. The summed E-state index contributed by atoms with van der Waals surface area (Å²) in [7, 11) is -2.99. The summed E-state index contributed by atoms with van der Waals surface area (Å²) in [5.41, 5.74) is 1.87. The largest absolute Gasteiger partial charge is 0.495 e. The number of carbonyl (C=O) groups excluding carboxylic acids is 2. The third-order valence-corrected chi connectivity index (χ3v) is 10.8. The van der Waals surface area contributed by atoms with Crippen LogP contribution in [0.15, 0.2) is 102 Å². The summed E-state index contributed by atoms with van der Waals surface area (Å²) < 4.78 is 50.4. The van der Waals surface area contributed by atoms with Crippen molar-refractivity contribution in [3.8, 4) is 5.75 Å². The van der Waals surface area contributed by atoms with Gasteiger partial charge in [-0.15, -0.1) is 0 Å². The second-order valence-corrected chi connectivity index (χ2v) is 14.6. The van der Waals surface area contributed by atoms with E-state index in [1.807, 2.05) is 37.3 Å². The zero-order valence-electron chi connectivity index (χ0n) is 27.6. The van der Waals surface area contributed by atoms with Crippen molar-refractivity contribution >= 4 is 39.1 Å². The molecule has 4 aromatic rings. The summed E-state index contributed by atoms with van der Waals surface area (Å²) in [6, 6.07) is 24.9. The summed E-state index contributed by atoms with van der Waals surface area (Å²) in [5.74, 6) is -1.47. The number of carbonyl (C=O) groups is 2. The highest BCUT2D eigenvalue weighted by molar-refractivity contribution is 7.92. The zero-order valence-corrected chi connectivity index (χ0v) is 29.2. The van der Waals surface area contributed by atoms with Crippen LogP contribution in [0.4, 0.5) is 10.1 Å².